The predicted molar refractivity (Wildman–Crippen MR) is 100 cm³/mol. The van der Waals surface area contributed by atoms with Crippen LogP contribution in [-0.4, -0.2) is 20.2 Å². The van der Waals surface area contributed by atoms with Crippen LogP contribution in [0.2, 0.25) is 0 Å². The molecule has 0 saturated carbocycles. The van der Waals surface area contributed by atoms with Crippen molar-refractivity contribution < 1.29 is 4.74 Å². The van der Waals surface area contributed by atoms with Crippen LogP contribution in [0.25, 0.3) is 0 Å². The molecule has 0 aromatic heterocycles. The Bertz CT molecular complexity index is 672. The second-order valence-corrected chi connectivity index (χ2v) is 6.21. The molecule has 0 bridgehead atoms. The summed E-state index contributed by atoms with van der Waals surface area (Å²) < 4.78 is 5.60. The Labute approximate surface area is 141 Å². The normalized spacial score (nSPS) is 10.7. The number of nitrogens with zero attached hydrogens (tertiary/aromatic N) is 1. The van der Waals surface area contributed by atoms with Crippen LogP contribution in [-0.2, 0) is 6.42 Å². The molecule has 2 aromatic carbocycles. The van der Waals surface area contributed by atoms with Crippen LogP contribution in [0.1, 0.15) is 41.7 Å². The summed E-state index contributed by atoms with van der Waals surface area (Å²) >= 11 is 0. The highest BCUT2D eigenvalue weighted by Crippen LogP contribution is 2.28. The fourth-order valence-corrected chi connectivity index (χ4v) is 3.02. The maximum atomic E-state index is 5.60. The SMILES string of the molecule is CCN(CC)c1ccc(C)c(Cc2cc(C)c(C)cc2OC)c1. The lowest BCUT2D eigenvalue weighted by Crippen LogP contribution is -2.21. The second-order valence-electron chi connectivity index (χ2n) is 6.21. The van der Waals surface area contributed by atoms with Gasteiger partial charge in [-0.25, -0.2) is 0 Å². The summed E-state index contributed by atoms with van der Waals surface area (Å²) in [4.78, 5) is 2.39. The van der Waals surface area contributed by atoms with Gasteiger partial charge in [-0.15, -0.1) is 0 Å². The molecular formula is C21H29NO. The molecule has 0 unspecified atom stereocenters. The third-order valence-electron chi connectivity index (χ3n) is 4.74. The van der Waals surface area contributed by atoms with Gasteiger partial charge in [0.1, 0.15) is 5.75 Å². The molecular weight excluding hydrogens is 282 g/mol. The van der Waals surface area contributed by atoms with Crippen LogP contribution in [0.4, 0.5) is 5.69 Å². The molecule has 2 aromatic rings. The molecule has 0 aliphatic rings. The van der Waals surface area contributed by atoms with Gasteiger partial charge in [-0.3, -0.25) is 0 Å². The first-order chi connectivity index (χ1) is 11.0. The molecule has 23 heavy (non-hydrogen) atoms. The number of hydrogen-bond acceptors (Lipinski definition) is 2. The van der Waals surface area contributed by atoms with Crippen LogP contribution in [0.5, 0.6) is 5.75 Å². The summed E-state index contributed by atoms with van der Waals surface area (Å²) in [5, 5.41) is 0. The summed E-state index contributed by atoms with van der Waals surface area (Å²) in [5.74, 6) is 0.987. The van der Waals surface area contributed by atoms with Crippen molar-refractivity contribution in [2.75, 3.05) is 25.1 Å². The van der Waals surface area contributed by atoms with Gasteiger partial charge in [0.2, 0.25) is 0 Å². The number of ether oxygens (including phenoxy) is 1. The van der Waals surface area contributed by atoms with Crippen molar-refractivity contribution in [3.8, 4) is 5.75 Å². The van der Waals surface area contributed by atoms with Gasteiger partial charge in [0.05, 0.1) is 7.11 Å². The van der Waals surface area contributed by atoms with E-state index < -0.39 is 0 Å². The minimum Gasteiger partial charge on any atom is -0.496 e. The van der Waals surface area contributed by atoms with Crippen molar-refractivity contribution in [1.82, 2.24) is 0 Å². The maximum Gasteiger partial charge on any atom is 0.122 e. The molecule has 0 atom stereocenters. The predicted octanol–water partition coefficient (Wildman–Crippen LogP) is 5.06. The van der Waals surface area contributed by atoms with Gasteiger partial charge in [-0.2, -0.15) is 0 Å². The first kappa shape index (κ1) is 17.4. The fourth-order valence-electron chi connectivity index (χ4n) is 3.02. The van der Waals surface area contributed by atoms with Gasteiger partial charge >= 0.3 is 0 Å². The summed E-state index contributed by atoms with van der Waals surface area (Å²) in [7, 11) is 1.76. The summed E-state index contributed by atoms with van der Waals surface area (Å²) in [6.07, 6.45) is 0.908. The summed E-state index contributed by atoms with van der Waals surface area (Å²) in [6, 6.07) is 11.2. The van der Waals surface area contributed by atoms with Crippen molar-refractivity contribution >= 4 is 5.69 Å². The first-order valence-corrected chi connectivity index (χ1v) is 8.48. The number of rotatable bonds is 6. The number of methoxy groups -OCH3 is 1. The van der Waals surface area contributed by atoms with Crippen LogP contribution < -0.4 is 9.64 Å². The van der Waals surface area contributed by atoms with Crippen molar-refractivity contribution in [1.29, 1.82) is 0 Å². The highest BCUT2D eigenvalue weighted by molar-refractivity contribution is 5.53. The van der Waals surface area contributed by atoms with Gasteiger partial charge in [0.15, 0.2) is 0 Å². The summed E-state index contributed by atoms with van der Waals surface area (Å²) in [6.45, 7) is 13.0. The third kappa shape index (κ3) is 3.87. The molecule has 0 aliphatic carbocycles. The fraction of sp³-hybridized carbons (Fsp3) is 0.429. The molecule has 0 fully saturated rings. The molecule has 0 radical (unpaired) electrons. The Morgan fingerprint density at radius 1 is 0.826 bits per heavy atom. The van der Waals surface area contributed by atoms with Crippen molar-refractivity contribution in [2.45, 2.75) is 41.0 Å². The third-order valence-corrected chi connectivity index (χ3v) is 4.74. The molecule has 0 aliphatic heterocycles. The van der Waals surface area contributed by atoms with Crippen molar-refractivity contribution in [3.05, 3.63) is 58.1 Å². The summed E-state index contributed by atoms with van der Waals surface area (Å²) in [5.41, 5.74) is 7.86. The Morgan fingerprint density at radius 2 is 1.48 bits per heavy atom. The molecule has 2 heteroatoms. The van der Waals surface area contributed by atoms with Gasteiger partial charge < -0.3 is 9.64 Å². The molecule has 124 valence electrons. The Kier molecular flexibility index (Phi) is 5.70. The van der Waals surface area contributed by atoms with Gasteiger partial charge in [0.25, 0.3) is 0 Å². The zero-order valence-corrected chi connectivity index (χ0v) is 15.4. The van der Waals surface area contributed by atoms with E-state index in [1.165, 1.54) is 33.5 Å². The number of benzene rings is 2. The smallest absolute Gasteiger partial charge is 0.122 e. The van der Waals surface area contributed by atoms with E-state index in [9.17, 15) is 0 Å². The Hall–Kier alpha value is -1.96. The average Bonchev–Trinajstić information content (AvgIpc) is 2.54. The van der Waals surface area contributed by atoms with E-state index in [2.05, 4.69) is 69.9 Å². The lowest BCUT2D eigenvalue weighted by Gasteiger charge is -2.22. The lowest BCUT2D eigenvalue weighted by atomic mass is 9.96. The molecule has 0 spiro atoms. The van der Waals surface area contributed by atoms with E-state index in [1.54, 1.807) is 7.11 Å². The monoisotopic (exact) mass is 311 g/mol. The zero-order valence-electron chi connectivity index (χ0n) is 15.4. The van der Waals surface area contributed by atoms with E-state index >= 15 is 0 Å². The van der Waals surface area contributed by atoms with E-state index in [4.69, 9.17) is 4.74 Å². The van der Waals surface area contributed by atoms with Crippen LogP contribution >= 0.6 is 0 Å². The minimum atomic E-state index is 0.908. The number of anilines is 1. The standard InChI is InChI=1S/C21H29NO/c1-7-22(8-2)20-10-9-15(3)18(14-20)13-19-11-16(4)17(5)12-21(19)23-6/h9-12,14H,7-8,13H2,1-6H3. The highest BCUT2D eigenvalue weighted by atomic mass is 16.5. The van der Waals surface area contributed by atoms with E-state index in [-0.39, 0.29) is 0 Å². The van der Waals surface area contributed by atoms with E-state index in [0.717, 1.165) is 25.3 Å². The molecule has 0 amide bonds. The van der Waals surface area contributed by atoms with Gasteiger partial charge in [0, 0.05) is 25.2 Å². The Balaban J connectivity index is 2.40. The van der Waals surface area contributed by atoms with Gasteiger partial charge in [-0.05, 0) is 80.6 Å². The first-order valence-electron chi connectivity index (χ1n) is 8.48. The van der Waals surface area contributed by atoms with Crippen molar-refractivity contribution in [2.24, 2.45) is 0 Å². The van der Waals surface area contributed by atoms with Crippen molar-refractivity contribution in [3.63, 3.8) is 0 Å². The zero-order chi connectivity index (χ0) is 17.0. The van der Waals surface area contributed by atoms with E-state index in [0.29, 0.717) is 0 Å². The highest BCUT2D eigenvalue weighted by Gasteiger charge is 2.10. The topological polar surface area (TPSA) is 12.5 Å². The van der Waals surface area contributed by atoms with Crippen LogP contribution in [0.3, 0.4) is 0 Å². The van der Waals surface area contributed by atoms with E-state index in [1.807, 2.05) is 0 Å². The minimum absolute atomic E-state index is 0.908. The molecule has 0 heterocycles. The quantitative estimate of drug-likeness (QED) is 0.739. The number of hydrogen-bond donors (Lipinski definition) is 0. The molecule has 0 saturated heterocycles. The molecule has 0 N–H and O–H groups in total. The van der Waals surface area contributed by atoms with Crippen LogP contribution in [0.15, 0.2) is 30.3 Å². The molecule has 2 nitrogen and oxygen atoms in total. The Morgan fingerprint density at radius 3 is 2.09 bits per heavy atom. The maximum absolute atomic E-state index is 5.60. The molecule has 2 rings (SSSR count). The second kappa shape index (κ2) is 7.54. The number of aryl methyl sites for hydroxylation is 3. The van der Waals surface area contributed by atoms with Crippen LogP contribution in [0, 0.1) is 20.8 Å². The average molecular weight is 311 g/mol. The lowest BCUT2D eigenvalue weighted by molar-refractivity contribution is 0.410. The largest absolute Gasteiger partial charge is 0.496 e. The van der Waals surface area contributed by atoms with Gasteiger partial charge in [-0.1, -0.05) is 12.1 Å².